The Morgan fingerprint density at radius 3 is 2.30 bits per heavy atom. The summed E-state index contributed by atoms with van der Waals surface area (Å²) in [5.41, 5.74) is -3.65. The maximum absolute atomic E-state index is 14.4. The van der Waals surface area contributed by atoms with Crippen molar-refractivity contribution in [2.45, 2.75) is 132 Å². The third-order valence-electron chi connectivity index (χ3n) is 8.23. The van der Waals surface area contributed by atoms with Crippen LogP contribution in [0.2, 0.25) is 0 Å². The number of benzene rings is 1. The third-order valence-corrected chi connectivity index (χ3v) is 8.23. The molecule has 0 radical (unpaired) electrons. The van der Waals surface area contributed by atoms with Gasteiger partial charge in [-0.2, -0.15) is 0 Å². The summed E-state index contributed by atoms with van der Waals surface area (Å²) in [6, 6.07) is 2.66. The fourth-order valence-electron chi connectivity index (χ4n) is 4.86. The van der Waals surface area contributed by atoms with E-state index in [1.807, 2.05) is 20.8 Å². The number of carbonyl (C=O) groups is 1. The van der Waals surface area contributed by atoms with Gasteiger partial charge in [-0.3, -0.25) is 4.90 Å². The zero-order valence-electron chi connectivity index (χ0n) is 32.9. The van der Waals surface area contributed by atoms with E-state index in [1.165, 1.54) is 32.9 Å². The molecule has 1 aliphatic rings. The highest BCUT2D eigenvalue weighted by Crippen LogP contribution is 2.53. The highest BCUT2D eigenvalue weighted by molar-refractivity contribution is 5.82. The van der Waals surface area contributed by atoms with Crippen LogP contribution in [0.25, 0.3) is 0 Å². The summed E-state index contributed by atoms with van der Waals surface area (Å²) in [5.74, 6) is -1.10. The quantitative estimate of drug-likeness (QED) is 0.294. The van der Waals surface area contributed by atoms with Crippen LogP contribution in [-0.4, -0.2) is 40.2 Å². The minimum atomic E-state index is -3.52. The molecule has 4 heteroatoms. The molecule has 1 saturated carbocycles. The molecule has 5 atom stereocenters. The Morgan fingerprint density at radius 1 is 1.22 bits per heavy atom. The van der Waals surface area contributed by atoms with Crippen LogP contribution in [0.5, 0.6) is 0 Å². The van der Waals surface area contributed by atoms with Crippen molar-refractivity contribution < 1.29 is 25.6 Å². The Labute approximate surface area is 238 Å². The molecule has 1 aromatic rings. The zero-order valence-corrected chi connectivity index (χ0v) is 24.9. The average molecular weight is 520 g/mol. The summed E-state index contributed by atoms with van der Waals surface area (Å²) in [5, 5.41) is 12.7. The van der Waals surface area contributed by atoms with Gasteiger partial charge in [0.25, 0.3) is 0 Å². The molecule has 0 saturated heterocycles. The van der Waals surface area contributed by atoms with Crippen molar-refractivity contribution in [2.24, 2.45) is 17.2 Å². The van der Waals surface area contributed by atoms with Crippen LogP contribution in [-0.2, 0) is 15.1 Å². The Morgan fingerprint density at radius 2 is 1.78 bits per heavy atom. The zero-order chi connectivity index (χ0) is 35.6. The number of hydrogen-bond acceptors (Lipinski definition) is 4. The minimum Gasteiger partial charge on any atom is -0.447 e. The largest absolute Gasteiger partial charge is 0.447 e. The van der Waals surface area contributed by atoms with E-state index in [-0.39, 0.29) is 17.1 Å². The fourth-order valence-corrected chi connectivity index (χ4v) is 4.86. The Hall–Kier alpha value is -1.83. The number of esters is 1. The van der Waals surface area contributed by atoms with Crippen molar-refractivity contribution in [3.05, 3.63) is 34.4 Å². The van der Waals surface area contributed by atoms with Crippen LogP contribution < -0.4 is 0 Å². The molecule has 37 heavy (non-hydrogen) atoms. The normalized spacial score (nSPS) is 34.2. The first-order chi connectivity index (χ1) is 20.0. The first-order valence-corrected chi connectivity index (χ1v) is 13.3. The van der Waals surface area contributed by atoms with E-state index in [0.717, 1.165) is 25.5 Å². The van der Waals surface area contributed by atoms with E-state index in [0.29, 0.717) is 11.1 Å². The van der Waals surface area contributed by atoms with Gasteiger partial charge in [-0.15, -0.1) is 0 Å². The van der Waals surface area contributed by atoms with E-state index in [2.05, 4.69) is 37.5 Å². The maximum Gasteiger partial charge on any atom is 0.344 e. The van der Waals surface area contributed by atoms with Gasteiger partial charge in [0.1, 0.15) is 0 Å². The monoisotopic (exact) mass is 519 g/mol. The lowest BCUT2D eigenvalue weighted by Gasteiger charge is -2.50. The van der Waals surface area contributed by atoms with E-state index >= 15 is 0 Å². The van der Waals surface area contributed by atoms with E-state index in [1.54, 1.807) is 13.8 Å². The Kier molecular flexibility index (Phi) is 6.78. The molecule has 0 spiro atoms. The van der Waals surface area contributed by atoms with E-state index in [9.17, 15) is 11.3 Å². The predicted molar refractivity (Wildman–Crippen MR) is 154 cm³/mol. The minimum absolute atomic E-state index is 0.146. The average Bonchev–Trinajstić information content (AvgIpc) is 2.92. The molecule has 0 aromatic heterocycles. The van der Waals surface area contributed by atoms with Crippen molar-refractivity contribution >= 4 is 5.97 Å². The van der Waals surface area contributed by atoms with Crippen LogP contribution >= 0.6 is 0 Å². The second-order valence-electron chi connectivity index (χ2n) is 11.4. The smallest absolute Gasteiger partial charge is 0.344 e. The van der Waals surface area contributed by atoms with Crippen LogP contribution in [0.15, 0.2) is 12.1 Å². The molecule has 1 aromatic carbocycles. The number of aryl methyl sites for hydroxylation is 2. The molecule has 0 bridgehead atoms. The van der Waals surface area contributed by atoms with Crippen LogP contribution in [0.4, 0.5) is 0 Å². The van der Waals surface area contributed by atoms with Gasteiger partial charge in [0.2, 0.25) is 0 Å². The predicted octanol–water partition coefficient (Wildman–Crippen LogP) is 7.10. The van der Waals surface area contributed by atoms with E-state index in [4.69, 9.17) is 14.3 Å². The highest BCUT2D eigenvalue weighted by atomic mass is 16.6. The van der Waals surface area contributed by atoms with Crippen LogP contribution in [0.3, 0.4) is 0 Å². The molecule has 1 fully saturated rings. The maximum atomic E-state index is 14.4. The van der Waals surface area contributed by atoms with Crippen molar-refractivity contribution in [1.29, 1.82) is 0 Å². The topological polar surface area (TPSA) is 49.8 Å². The number of rotatable bonds is 8. The molecule has 0 heterocycles. The summed E-state index contributed by atoms with van der Waals surface area (Å²) < 4.78 is 77.4. The standard InChI is InChI=1S/C33H53NO3/c1-13-31(9,10)34(14-2)25(6)18-19-26(7)37-30(35)33(36,28-20-22(3)27(8)23(4)21-28)29-17-15-16-24(5)32(29,11)12/h20-21,24-26,29,36H,13-17H2,1-12H3/i15D2,16D2,17D2,24D,29D. The van der Waals surface area contributed by atoms with Gasteiger partial charge < -0.3 is 9.84 Å². The first kappa shape index (κ1) is 21.0. The Balaban J connectivity index is 2.89. The van der Waals surface area contributed by atoms with Gasteiger partial charge in [0.05, 0.1) is 6.04 Å². The second-order valence-corrected chi connectivity index (χ2v) is 11.4. The molecule has 1 aliphatic carbocycles. The SMILES string of the molecule is [2H]C1([2H])C([2H])([2H])C([2H])(C)C(C)(C)C([2H])(C(O)(C(=O)OC(C)C#CC(C)N(CC)C(C)(C)CC)c2cc(C)c(C)c(C)c2)C1([2H])[2H]. The second kappa shape index (κ2) is 11.9. The molecule has 2 rings (SSSR count). The lowest BCUT2D eigenvalue weighted by atomic mass is 9.56. The first-order valence-electron chi connectivity index (χ1n) is 17.3. The highest BCUT2D eigenvalue weighted by Gasteiger charge is 2.55. The van der Waals surface area contributed by atoms with Gasteiger partial charge in [0.15, 0.2) is 11.7 Å². The fraction of sp³-hybridized carbons (Fsp3) is 0.727. The molecule has 0 aliphatic heterocycles. The number of aliphatic hydroxyl groups is 1. The summed E-state index contributed by atoms with van der Waals surface area (Å²) in [6.45, 7) is 21.3. The number of carbonyl (C=O) groups excluding carboxylic acids is 1. The van der Waals surface area contributed by atoms with E-state index < -0.39 is 54.0 Å². The number of ether oxygens (including phenoxy) is 1. The van der Waals surface area contributed by atoms with Crippen molar-refractivity contribution in [1.82, 2.24) is 4.90 Å². The van der Waals surface area contributed by atoms with Crippen molar-refractivity contribution in [3.8, 4) is 11.8 Å². The summed E-state index contributed by atoms with van der Waals surface area (Å²) in [4.78, 5) is 16.6. The molecular formula is C33H53NO3. The summed E-state index contributed by atoms with van der Waals surface area (Å²) in [7, 11) is 0. The summed E-state index contributed by atoms with van der Waals surface area (Å²) in [6.07, 6.45) is -10.4. The van der Waals surface area contributed by atoms with Crippen LogP contribution in [0.1, 0.15) is 121 Å². The van der Waals surface area contributed by atoms with Gasteiger partial charge in [-0.25, -0.2) is 4.79 Å². The van der Waals surface area contributed by atoms with Crippen molar-refractivity contribution in [2.75, 3.05) is 6.54 Å². The van der Waals surface area contributed by atoms with Gasteiger partial charge in [0, 0.05) is 22.4 Å². The van der Waals surface area contributed by atoms with Crippen LogP contribution in [0, 0.1) is 49.8 Å². The lowest BCUT2D eigenvalue weighted by molar-refractivity contribution is -0.188. The van der Waals surface area contributed by atoms with Gasteiger partial charge in [-0.05, 0) is 101 Å². The molecule has 0 amide bonds. The lowest BCUT2D eigenvalue weighted by Crippen LogP contribution is -2.53. The third kappa shape index (κ3) is 6.43. The summed E-state index contributed by atoms with van der Waals surface area (Å²) >= 11 is 0. The van der Waals surface area contributed by atoms with Gasteiger partial charge >= 0.3 is 5.97 Å². The Bertz CT molecular complexity index is 1310. The molecule has 1 N–H and O–H groups in total. The number of hydrogen-bond donors (Lipinski definition) is 1. The molecule has 5 unspecified atom stereocenters. The van der Waals surface area contributed by atoms with Gasteiger partial charge in [-0.1, -0.05) is 71.3 Å². The molecule has 4 nitrogen and oxygen atoms in total. The molecular weight excluding hydrogens is 458 g/mol. The van der Waals surface area contributed by atoms with Crippen molar-refractivity contribution in [3.63, 3.8) is 0 Å². The number of nitrogens with zero attached hydrogens (tertiary/aromatic N) is 1. The molecule has 208 valence electrons.